The fraction of sp³-hybridized carbons (Fsp3) is 0.233. The predicted molar refractivity (Wildman–Crippen MR) is 162 cm³/mol. The number of fused-ring (bicyclic) bond motifs is 2. The van der Waals surface area contributed by atoms with Crippen LogP contribution in [0.1, 0.15) is 42.4 Å². The minimum Gasteiger partial charge on any atom is -0.463 e. The number of nitrogens with zero attached hydrogens (tertiary/aromatic N) is 5. The van der Waals surface area contributed by atoms with Crippen LogP contribution in [0.2, 0.25) is 0 Å². The summed E-state index contributed by atoms with van der Waals surface area (Å²) in [5.74, 6) is 0.480. The standard InChI is InChI=1S/C30H25N5O7S2/c1-5-40-28(37)25-17(4)33-30-34(26(25)19-7-8-21-22(13-19)42-14-41-21)27(36)24(44-30)12-18-6-9-23(20(11-18)35(38)39)43-29-31-15(2)10-16(3)32-29/h6-13,26H,5,14H2,1-4H3/b24-12+/t26-/m0/s1. The van der Waals surface area contributed by atoms with Gasteiger partial charge in [0.2, 0.25) is 6.79 Å². The molecule has 224 valence electrons. The van der Waals surface area contributed by atoms with Gasteiger partial charge in [-0.3, -0.25) is 19.5 Å². The lowest BCUT2D eigenvalue weighted by atomic mass is 9.95. The number of carbonyl (C=O) groups is 1. The van der Waals surface area contributed by atoms with Gasteiger partial charge in [0.25, 0.3) is 11.2 Å². The molecule has 14 heteroatoms. The third kappa shape index (κ3) is 5.49. The van der Waals surface area contributed by atoms with Crippen molar-refractivity contribution in [3.8, 4) is 11.5 Å². The Labute approximate surface area is 258 Å². The molecular formula is C30H25N5O7S2. The van der Waals surface area contributed by atoms with Crippen molar-refractivity contribution < 1.29 is 23.9 Å². The largest absolute Gasteiger partial charge is 0.463 e. The topological polar surface area (TPSA) is 148 Å². The summed E-state index contributed by atoms with van der Waals surface area (Å²) in [4.78, 5) is 52.8. The summed E-state index contributed by atoms with van der Waals surface area (Å²) >= 11 is 2.23. The lowest BCUT2D eigenvalue weighted by Crippen LogP contribution is -2.39. The van der Waals surface area contributed by atoms with Crippen molar-refractivity contribution in [3.63, 3.8) is 0 Å². The van der Waals surface area contributed by atoms with Gasteiger partial charge in [-0.05, 0) is 80.9 Å². The van der Waals surface area contributed by atoms with Gasteiger partial charge in [-0.15, -0.1) is 0 Å². The number of rotatable bonds is 7. The Bertz CT molecular complexity index is 2050. The van der Waals surface area contributed by atoms with Gasteiger partial charge in [0.1, 0.15) is 0 Å². The molecular weight excluding hydrogens is 606 g/mol. The van der Waals surface area contributed by atoms with Crippen LogP contribution in [0, 0.1) is 24.0 Å². The molecule has 1 atom stereocenters. The third-order valence-electron chi connectivity index (χ3n) is 6.87. The van der Waals surface area contributed by atoms with Crippen molar-refractivity contribution in [2.75, 3.05) is 13.4 Å². The van der Waals surface area contributed by atoms with E-state index < -0.39 is 22.5 Å². The fourth-order valence-corrected chi connectivity index (χ4v) is 7.03. The Hall–Kier alpha value is -4.82. The third-order valence-corrected chi connectivity index (χ3v) is 8.78. The second-order valence-electron chi connectivity index (χ2n) is 9.93. The fourth-order valence-electron chi connectivity index (χ4n) is 5.03. The average molecular weight is 632 g/mol. The first kappa shape index (κ1) is 29.3. The molecule has 2 aliphatic heterocycles. The highest BCUT2D eigenvalue weighted by atomic mass is 32.2. The summed E-state index contributed by atoms with van der Waals surface area (Å²) < 4.78 is 18.1. The van der Waals surface area contributed by atoms with Crippen LogP contribution >= 0.6 is 23.1 Å². The first-order chi connectivity index (χ1) is 21.1. The Balaban J connectivity index is 1.45. The number of aryl methyl sites for hydroxylation is 2. The molecule has 4 aromatic rings. The lowest BCUT2D eigenvalue weighted by molar-refractivity contribution is -0.387. The second-order valence-corrected chi connectivity index (χ2v) is 12.0. The number of ether oxygens (including phenoxy) is 3. The molecule has 0 aliphatic carbocycles. The van der Waals surface area contributed by atoms with Crippen molar-refractivity contribution >= 4 is 40.8 Å². The van der Waals surface area contributed by atoms with Gasteiger partial charge in [0.05, 0.1) is 38.3 Å². The van der Waals surface area contributed by atoms with Crippen LogP contribution in [-0.4, -0.2) is 38.8 Å². The van der Waals surface area contributed by atoms with Gasteiger partial charge in [-0.1, -0.05) is 23.5 Å². The van der Waals surface area contributed by atoms with Gasteiger partial charge < -0.3 is 14.2 Å². The van der Waals surface area contributed by atoms with Crippen LogP contribution in [0.4, 0.5) is 5.69 Å². The van der Waals surface area contributed by atoms with E-state index in [0.29, 0.717) is 47.7 Å². The minimum atomic E-state index is -0.840. The Morgan fingerprint density at radius 2 is 1.89 bits per heavy atom. The van der Waals surface area contributed by atoms with Gasteiger partial charge in [0.15, 0.2) is 21.5 Å². The number of aromatic nitrogens is 3. The van der Waals surface area contributed by atoms with E-state index in [1.54, 1.807) is 50.3 Å². The number of esters is 1. The molecule has 0 spiro atoms. The molecule has 0 unspecified atom stereocenters. The van der Waals surface area contributed by atoms with Crippen LogP contribution in [0.3, 0.4) is 0 Å². The predicted octanol–water partition coefficient (Wildman–Crippen LogP) is 3.99. The number of thiazole rings is 1. The first-order valence-corrected chi connectivity index (χ1v) is 15.1. The van der Waals surface area contributed by atoms with Crippen molar-refractivity contribution in [1.82, 2.24) is 14.5 Å². The molecule has 0 saturated carbocycles. The van der Waals surface area contributed by atoms with Gasteiger partial charge in [-0.25, -0.2) is 19.8 Å². The zero-order valence-corrected chi connectivity index (χ0v) is 25.7. The van der Waals surface area contributed by atoms with Gasteiger partial charge >= 0.3 is 5.97 Å². The maximum Gasteiger partial charge on any atom is 0.338 e. The van der Waals surface area contributed by atoms with Crippen molar-refractivity contribution in [3.05, 3.63) is 106 Å². The number of nitro groups is 1. The second kappa shape index (κ2) is 11.7. The van der Waals surface area contributed by atoms with Crippen molar-refractivity contribution in [2.45, 2.75) is 43.8 Å². The van der Waals surface area contributed by atoms with E-state index in [-0.39, 0.29) is 24.7 Å². The molecule has 0 fully saturated rings. The van der Waals surface area contributed by atoms with E-state index in [9.17, 15) is 19.7 Å². The Morgan fingerprint density at radius 1 is 1.14 bits per heavy atom. The van der Waals surface area contributed by atoms with Crippen LogP contribution in [0.25, 0.3) is 6.08 Å². The molecule has 0 N–H and O–H groups in total. The Kier molecular flexibility index (Phi) is 7.78. The SMILES string of the molecule is CCOC(=O)C1=C(C)N=c2s/c(=C/c3ccc(Sc4nc(C)cc(C)n4)c([N+](=O)[O-])c3)c(=O)n2[C@H]1c1ccc2c(c1)OCO2. The summed E-state index contributed by atoms with van der Waals surface area (Å²) in [6.07, 6.45) is 1.58. The molecule has 6 rings (SSSR count). The zero-order valence-electron chi connectivity index (χ0n) is 24.0. The number of hydrogen-bond donors (Lipinski definition) is 0. The maximum absolute atomic E-state index is 14.0. The smallest absolute Gasteiger partial charge is 0.338 e. The van der Waals surface area contributed by atoms with Gasteiger partial charge in [0, 0.05) is 17.5 Å². The molecule has 44 heavy (non-hydrogen) atoms. The minimum absolute atomic E-state index is 0.0717. The number of nitro benzene ring substituents is 1. The van der Waals surface area contributed by atoms with E-state index in [2.05, 4.69) is 15.0 Å². The highest BCUT2D eigenvalue weighted by Gasteiger charge is 2.34. The number of allylic oxidation sites excluding steroid dienone is 1. The van der Waals surface area contributed by atoms with E-state index in [0.717, 1.165) is 34.5 Å². The van der Waals surface area contributed by atoms with Crippen LogP contribution in [0.15, 0.2) is 73.6 Å². The van der Waals surface area contributed by atoms with Crippen LogP contribution in [0.5, 0.6) is 11.5 Å². The van der Waals surface area contributed by atoms with Gasteiger partial charge in [-0.2, -0.15) is 0 Å². The average Bonchev–Trinajstić information content (AvgIpc) is 3.56. The van der Waals surface area contributed by atoms with E-state index in [1.165, 1.54) is 10.6 Å². The molecule has 0 bridgehead atoms. The molecule has 0 radical (unpaired) electrons. The van der Waals surface area contributed by atoms with E-state index in [4.69, 9.17) is 14.2 Å². The molecule has 12 nitrogen and oxygen atoms in total. The van der Waals surface area contributed by atoms with Crippen molar-refractivity contribution in [1.29, 1.82) is 0 Å². The number of hydrogen-bond acceptors (Lipinski definition) is 12. The summed E-state index contributed by atoms with van der Waals surface area (Å²) in [5, 5.41) is 12.4. The zero-order chi connectivity index (χ0) is 31.1. The molecule has 2 aromatic heterocycles. The van der Waals surface area contributed by atoms with E-state index >= 15 is 0 Å². The normalized spacial score (nSPS) is 15.6. The lowest BCUT2D eigenvalue weighted by Gasteiger charge is -2.24. The summed E-state index contributed by atoms with van der Waals surface area (Å²) in [5.41, 5.74) is 2.69. The van der Waals surface area contributed by atoms with E-state index in [1.807, 2.05) is 19.9 Å². The molecule has 0 saturated heterocycles. The van der Waals surface area contributed by atoms with Crippen molar-refractivity contribution in [2.24, 2.45) is 4.99 Å². The molecule has 0 amide bonds. The maximum atomic E-state index is 14.0. The summed E-state index contributed by atoms with van der Waals surface area (Å²) in [7, 11) is 0. The highest BCUT2D eigenvalue weighted by Crippen LogP contribution is 2.38. The quantitative estimate of drug-likeness (QED) is 0.127. The van der Waals surface area contributed by atoms with Crippen LogP contribution < -0.4 is 24.4 Å². The summed E-state index contributed by atoms with van der Waals surface area (Å²) in [6.45, 7) is 7.29. The first-order valence-electron chi connectivity index (χ1n) is 13.5. The summed E-state index contributed by atoms with van der Waals surface area (Å²) in [6, 6.07) is 10.9. The monoisotopic (exact) mass is 631 g/mol. The molecule has 2 aromatic carbocycles. The van der Waals surface area contributed by atoms with Crippen LogP contribution in [-0.2, 0) is 9.53 Å². The number of benzene rings is 2. The molecule has 4 heterocycles. The molecule has 2 aliphatic rings. The Morgan fingerprint density at radius 3 is 2.61 bits per heavy atom. The highest BCUT2D eigenvalue weighted by molar-refractivity contribution is 7.99. The number of carbonyl (C=O) groups excluding carboxylic acids is 1.